The second kappa shape index (κ2) is 5.40. The second-order valence-corrected chi connectivity index (χ2v) is 8.05. The van der Waals surface area contributed by atoms with Crippen LogP contribution in [0.2, 0.25) is 0 Å². The summed E-state index contributed by atoms with van der Waals surface area (Å²) in [6.07, 6.45) is 5.89. The summed E-state index contributed by atoms with van der Waals surface area (Å²) in [4.78, 5) is 12.6. The van der Waals surface area contributed by atoms with Gasteiger partial charge in [-0.25, -0.2) is 0 Å². The van der Waals surface area contributed by atoms with Gasteiger partial charge in [-0.05, 0) is 78.2 Å². The molecule has 0 radical (unpaired) electrons. The van der Waals surface area contributed by atoms with E-state index in [1.807, 2.05) is 16.8 Å². The molecule has 4 bridgehead atoms. The molecule has 0 spiro atoms. The maximum atomic E-state index is 12.6. The minimum absolute atomic E-state index is 0.193. The van der Waals surface area contributed by atoms with Gasteiger partial charge in [0.2, 0.25) is 5.91 Å². The Morgan fingerprint density at radius 2 is 1.90 bits per heavy atom. The quantitative estimate of drug-likeness (QED) is 0.898. The average Bonchev–Trinajstić information content (AvgIpc) is 2.97. The summed E-state index contributed by atoms with van der Waals surface area (Å²) in [6.45, 7) is 0.346. The summed E-state index contributed by atoms with van der Waals surface area (Å²) in [6, 6.07) is 1.92. The molecule has 5 rings (SSSR count). The maximum Gasteiger partial charge on any atom is 0.223 e. The standard InChI is InChI=1S/C17H23NO2S/c19-15(12-1-2-21-9-12)8-18-17(20)16-13-4-10-3-11(6-13)7-14(16)5-10/h1-2,9-11,13-16,19H,3-8H2,(H,18,20). The van der Waals surface area contributed by atoms with Crippen LogP contribution in [0.4, 0.5) is 0 Å². The Labute approximate surface area is 129 Å². The summed E-state index contributed by atoms with van der Waals surface area (Å²) in [5, 5.41) is 17.0. The number of thiophene rings is 1. The Morgan fingerprint density at radius 1 is 1.24 bits per heavy atom. The van der Waals surface area contributed by atoms with Crippen molar-refractivity contribution in [1.29, 1.82) is 0 Å². The van der Waals surface area contributed by atoms with E-state index < -0.39 is 6.10 Å². The normalized spacial score (nSPS) is 38.4. The van der Waals surface area contributed by atoms with E-state index in [0.717, 1.165) is 17.4 Å². The number of nitrogens with one attached hydrogen (secondary N) is 1. The van der Waals surface area contributed by atoms with E-state index in [2.05, 4.69) is 5.32 Å². The molecule has 1 aromatic heterocycles. The van der Waals surface area contributed by atoms with E-state index in [0.29, 0.717) is 18.4 Å². The molecule has 4 saturated carbocycles. The van der Waals surface area contributed by atoms with E-state index in [9.17, 15) is 9.90 Å². The molecule has 1 atom stereocenters. The minimum Gasteiger partial charge on any atom is -0.387 e. The van der Waals surface area contributed by atoms with Crippen molar-refractivity contribution in [1.82, 2.24) is 5.32 Å². The van der Waals surface area contributed by atoms with Gasteiger partial charge >= 0.3 is 0 Å². The number of rotatable bonds is 4. The van der Waals surface area contributed by atoms with E-state index in [-0.39, 0.29) is 11.8 Å². The van der Waals surface area contributed by atoms with Gasteiger partial charge in [0.15, 0.2) is 0 Å². The van der Waals surface area contributed by atoms with Crippen molar-refractivity contribution in [2.45, 2.75) is 38.2 Å². The fourth-order valence-corrected chi connectivity index (χ4v) is 5.96. The molecule has 1 heterocycles. The molecule has 21 heavy (non-hydrogen) atoms. The molecular weight excluding hydrogens is 282 g/mol. The van der Waals surface area contributed by atoms with Gasteiger partial charge in [0.05, 0.1) is 6.10 Å². The Hall–Kier alpha value is -0.870. The zero-order chi connectivity index (χ0) is 14.4. The first-order valence-electron chi connectivity index (χ1n) is 8.18. The van der Waals surface area contributed by atoms with E-state index in [1.165, 1.54) is 32.1 Å². The van der Waals surface area contributed by atoms with Gasteiger partial charge in [-0.2, -0.15) is 11.3 Å². The van der Waals surface area contributed by atoms with Crippen molar-refractivity contribution >= 4 is 17.2 Å². The van der Waals surface area contributed by atoms with Crippen molar-refractivity contribution < 1.29 is 9.90 Å². The van der Waals surface area contributed by atoms with Gasteiger partial charge in [-0.1, -0.05) is 0 Å². The zero-order valence-electron chi connectivity index (χ0n) is 12.2. The Bertz CT molecular complexity index is 485. The highest BCUT2D eigenvalue weighted by molar-refractivity contribution is 7.07. The summed E-state index contributed by atoms with van der Waals surface area (Å²) >= 11 is 1.58. The van der Waals surface area contributed by atoms with Gasteiger partial charge in [0.1, 0.15) is 0 Å². The van der Waals surface area contributed by atoms with E-state index in [4.69, 9.17) is 0 Å². The lowest BCUT2D eigenvalue weighted by molar-refractivity contribution is -0.138. The lowest BCUT2D eigenvalue weighted by Gasteiger charge is -2.53. The van der Waals surface area contributed by atoms with Crippen LogP contribution < -0.4 is 5.32 Å². The molecule has 4 aliphatic carbocycles. The Kier molecular flexibility index (Phi) is 3.54. The Balaban J connectivity index is 1.37. The molecule has 1 amide bonds. The fraction of sp³-hybridized carbons (Fsp3) is 0.706. The smallest absolute Gasteiger partial charge is 0.223 e. The van der Waals surface area contributed by atoms with Crippen LogP contribution in [-0.2, 0) is 4.79 Å². The lowest BCUT2D eigenvalue weighted by atomic mass is 9.51. The highest BCUT2D eigenvalue weighted by atomic mass is 32.1. The zero-order valence-corrected chi connectivity index (χ0v) is 13.0. The van der Waals surface area contributed by atoms with Crippen molar-refractivity contribution in [3.8, 4) is 0 Å². The monoisotopic (exact) mass is 305 g/mol. The van der Waals surface area contributed by atoms with Crippen LogP contribution >= 0.6 is 11.3 Å². The first-order chi connectivity index (χ1) is 10.2. The molecule has 4 heteroatoms. The number of aliphatic hydroxyl groups is 1. The SMILES string of the molecule is O=C(NCC(O)c1ccsc1)C1C2CC3CC(C2)CC1C3. The summed E-state index contributed by atoms with van der Waals surface area (Å²) in [5.74, 6) is 3.42. The highest BCUT2D eigenvalue weighted by Gasteiger charge is 2.50. The topological polar surface area (TPSA) is 49.3 Å². The third-order valence-corrected chi connectivity index (χ3v) is 6.63. The van der Waals surface area contributed by atoms with Gasteiger partial charge in [0, 0.05) is 12.5 Å². The lowest BCUT2D eigenvalue weighted by Crippen LogP contribution is -2.51. The number of carbonyl (C=O) groups excluding carboxylic acids is 1. The van der Waals surface area contributed by atoms with Gasteiger partial charge in [0.25, 0.3) is 0 Å². The largest absolute Gasteiger partial charge is 0.387 e. The number of carbonyl (C=O) groups is 1. The minimum atomic E-state index is -0.572. The molecule has 0 aromatic carbocycles. The molecule has 0 saturated heterocycles. The number of hydrogen-bond acceptors (Lipinski definition) is 3. The third-order valence-electron chi connectivity index (χ3n) is 5.93. The summed E-state index contributed by atoms with van der Waals surface area (Å²) < 4.78 is 0. The highest BCUT2D eigenvalue weighted by Crippen LogP contribution is 2.56. The molecule has 1 unspecified atom stereocenters. The van der Waals surface area contributed by atoms with Crippen molar-refractivity contribution in [3.05, 3.63) is 22.4 Å². The Morgan fingerprint density at radius 3 is 2.48 bits per heavy atom. The molecule has 4 aliphatic rings. The van der Waals surface area contributed by atoms with Crippen LogP contribution in [0.25, 0.3) is 0 Å². The number of amides is 1. The van der Waals surface area contributed by atoms with Crippen LogP contribution in [0.5, 0.6) is 0 Å². The predicted molar refractivity (Wildman–Crippen MR) is 82.8 cm³/mol. The predicted octanol–water partition coefficient (Wildman–Crippen LogP) is 2.97. The van der Waals surface area contributed by atoms with Crippen LogP contribution in [0.3, 0.4) is 0 Å². The van der Waals surface area contributed by atoms with Crippen molar-refractivity contribution in [2.75, 3.05) is 6.54 Å². The summed E-state index contributed by atoms with van der Waals surface area (Å²) in [7, 11) is 0. The van der Waals surface area contributed by atoms with Crippen LogP contribution in [0, 0.1) is 29.6 Å². The molecule has 0 aliphatic heterocycles. The van der Waals surface area contributed by atoms with Gasteiger partial charge < -0.3 is 10.4 Å². The first kappa shape index (κ1) is 13.8. The summed E-state index contributed by atoms with van der Waals surface area (Å²) in [5.41, 5.74) is 0.908. The maximum absolute atomic E-state index is 12.6. The fourth-order valence-electron chi connectivity index (χ4n) is 5.25. The molecule has 3 nitrogen and oxygen atoms in total. The number of aliphatic hydroxyl groups excluding tert-OH is 1. The third kappa shape index (κ3) is 2.53. The van der Waals surface area contributed by atoms with Crippen LogP contribution in [0.1, 0.15) is 43.8 Å². The van der Waals surface area contributed by atoms with Crippen molar-refractivity contribution in [2.24, 2.45) is 29.6 Å². The van der Waals surface area contributed by atoms with Crippen LogP contribution in [-0.4, -0.2) is 17.6 Å². The van der Waals surface area contributed by atoms with Crippen molar-refractivity contribution in [3.63, 3.8) is 0 Å². The molecule has 114 valence electrons. The van der Waals surface area contributed by atoms with Gasteiger partial charge in [-0.3, -0.25) is 4.79 Å². The van der Waals surface area contributed by atoms with Crippen LogP contribution in [0.15, 0.2) is 16.8 Å². The molecular formula is C17H23NO2S. The van der Waals surface area contributed by atoms with E-state index >= 15 is 0 Å². The van der Waals surface area contributed by atoms with Gasteiger partial charge in [-0.15, -0.1) is 0 Å². The van der Waals surface area contributed by atoms with E-state index in [1.54, 1.807) is 11.3 Å². The molecule has 4 fully saturated rings. The number of hydrogen-bond donors (Lipinski definition) is 2. The average molecular weight is 305 g/mol. The molecule has 2 N–H and O–H groups in total. The molecule has 1 aromatic rings. The first-order valence-corrected chi connectivity index (χ1v) is 9.13. The second-order valence-electron chi connectivity index (χ2n) is 7.27.